The van der Waals surface area contributed by atoms with Crippen LogP contribution in [0.15, 0.2) is 18.6 Å². The van der Waals surface area contributed by atoms with Crippen molar-refractivity contribution in [3.05, 3.63) is 24.3 Å². The first-order valence-electron chi connectivity index (χ1n) is 6.38. The topological polar surface area (TPSA) is 74.7 Å². The summed E-state index contributed by atoms with van der Waals surface area (Å²) in [7, 11) is 0. The Kier molecular flexibility index (Phi) is 2.72. The average Bonchev–Trinajstić information content (AvgIpc) is 2.82. The summed E-state index contributed by atoms with van der Waals surface area (Å²) in [5.74, 6) is -0.0868. The highest BCUT2D eigenvalue weighted by molar-refractivity contribution is 5.59. The van der Waals surface area contributed by atoms with Gasteiger partial charge in [-0.15, -0.1) is 0 Å². The van der Waals surface area contributed by atoms with Crippen LogP contribution in [-0.4, -0.2) is 32.4 Å². The van der Waals surface area contributed by atoms with E-state index in [1.54, 1.807) is 6.20 Å². The fourth-order valence-electron chi connectivity index (χ4n) is 2.57. The molecule has 1 saturated heterocycles. The molecular formula is C13H18N4O2. The van der Waals surface area contributed by atoms with Crippen LogP contribution in [0.3, 0.4) is 0 Å². The zero-order chi connectivity index (χ0) is 13.6. The zero-order valence-electron chi connectivity index (χ0n) is 11.3. The molecule has 0 amide bonds. The molecule has 6 heteroatoms. The highest BCUT2D eigenvalue weighted by atomic mass is 16.7. The van der Waals surface area contributed by atoms with E-state index in [1.807, 2.05) is 37.6 Å². The van der Waals surface area contributed by atoms with Crippen LogP contribution in [0.5, 0.6) is 0 Å². The predicted molar refractivity (Wildman–Crippen MR) is 70.6 cm³/mol. The van der Waals surface area contributed by atoms with Gasteiger partial charge in [0.15, 0.2) is 17.3 Å². The summed E-state index contributed by atoms with van der Waals surface area (Å²) in [6.07, 6.45) is 6.15. The van der Waals surface area contributed by atoms with Crippen molar-refractivity contribution < 1.29 is 9.47 Å². The Hall–Kier alpha value is -1.66. The number of anilines is 1. The van der Waals surface area contributed by atoms with E-state index in [2.05, 4.69) is 9.97 Å². The summed E-state index contributed by atoms with van der Waals surface area (Å²) >= 11 is 0. The minimum absolute atomic E-state index is 0.0179. The molecule has 0 unspecified atom stereocenters. The molecule has 0 spiro atoms. The lowest BCUT2D eigenvalue weighted by Gasteiger charge is -2.16. The van der Waals surface area contributed by atoms with Gasteiger partial charge >= 0.3 is 0 Å². The third-order valence-electron chi connectivity index (χ3n) is 3.37. The maximum atomic E-state index is 5.90. The molecule has 102 valence electrons. The molecule has 0 aliphatic carbocycles. The van der Waals surface area contributed by atoms with E-state index >= 15 is 0 Å². The maximum Gasteiger partial charge on any atom is 0.180 e. The van der Waals surface area contributed by atoms with Crippen molar-refractivity contribution in [1.82, 2.24) is 14.4 Å². The molecule has 0 bridgehead atoms. The van der Waals surface area contributed by atoms with E-state index in [9.17, 15) is 0 Å². The largest absolute Gasteiger partial charge is 0.381 e. The molecule has 0 saturated carbocycles. The van der Waals surface area contributed by atoms with Gasteiger partial charge in [-0.1, -0.05) is 0 Å². The lowest BCUT2D eigenvalue weighted by Crippen LogP contribution is -2.23. The highest BCUT2D eigenvalue weighted by Gasteiger charge is 2.38. The average molecular weight is 262 g/mol. The Morgan fingerprint density at radius 2 is 2.16 bits per heavy atom. The molecule has 2 aromatic heterocycles. The summed E-state index contributed by atoms with van der Waals surface area (Å²) in [4.78, 5) is 8.33. The SMILES string of the molecule is C[C@H]1OC(C)(C)O[C@H]1Cc1cnc2c(N)nccn12. The molecule has 2 aromatic rings. The monoisotopic (exact) mass is 262 g/mol. The van der Waals surface area contributed by atoms with Crippen molar-refractivity contribution in [2.75, 3.05) is 5.73 Å². The Morgan fingerprint density at radius 3 is 2.84 bits per heavy atom. The van der Waals surface area contributed by atoms with Crippen molar-refractivity contribution in [2.24, 2.45) is 0 Å². The summed E-state index contributed by atoms with van der Waals surface area (Å²) in [5.41, 5.74) is 7.53. The van der Waals surface area contributed by atoms with E-state index in [0.29, 0.717) is 11.5 Å². The lowest BCUT2D eigenvalue weighted by atomic mass is 10.1. The number of ether oxygens (including phenoxy) is 2. The Morgan fingerprint density at radius 1 is 1.37 bits per heavy atom. The zero-order valence-corrected chi connectivity index (χ0v) is 11.3. The number of hydrogen-bond acceptors (Lipinski definition) is 5. The molecule has 0 radical (unpaired) electrons. The van der Waals surface area contributed by atoms with E-state index < -0.39 is 5.79 Å². The van der Waals surface area contributed by atoms with Crippen molar-refractivity contribution >= 4 is 11.5 Å². The Labute approximate surface area is 111 Å². The second-order valence-electron chi connectivity index (χ2n) is 5.34. The minimum Gasteiger partial charge on any atom is -0.381 e. The van der Waals surface area contributed by atoms with Gasteiger partial charge in [-0.25, -0.2) is 9.97 Å². The van der Waals surface area contributed by atoms with Crippen LogP contribution >= 0.6 is 0 Å². The number of rotatable bonds is 2. The van der Waals surface area contributed by atoms with Crippen LogP contribution in [0.2, 0.25) is 0 Å². The van der Waals surface area contributed by atoms with Crippen molar-refractivity contribution in [1.29, 1.82) is 0 Å². The van der Waals surface area contributed by atoms with Gasteiger partial charge in [0.25, 0.3) is 0 Å². The molecule has 6 nitrogen and oxygen atoms in total. The van der Waals surface area contributed by atoms with Crippen LogP contribution in [0.4, 0.5) is 5.82 Å². The van der Waals surface area contributed by atoms with Gasteiger partial charge in [0.2, 0.25) is 0 Å². The number of fused-ring (bicyclic) bond motifs is 1. The molecule has 1 aliphatic heterocycles. The molecular weight excluding hydrogens is 244 g/mol. The van der Waals surface area contributed by atoms with Gasteiger partial charge in [0.05, 0.1) is 12.2 Å². The van der Waals surface area contributed by atoms with Gasteiger partial charge < -0.3 is 15.2 Å². The molecule has 1 fully saturated rings. The van der Waals surface area contributed by atoms with Gasteiger partial charge in [-0.3, -0.25) is 4.40 Å². The van der Waals surface area contributed by atoms with Gasteiger partial charge in [-0.2, -0.15) is 0 Å². The van der Waals surface area contributed by atoms with E-state index in [-0.39, 0.29) is 12.2 Å². The predicted octanol–water partition coefficient (Wildman–Crippen LogP) is 1.39. The molecule has 3 rings (SSSR count). The molecule has 1 aliphatic rings. The quantitative estimate of drug-likeness (QED) is 0.885. The smallest absolute Gasteiger partial charge is 0.180 e. The lowest BCUT2D eigenvalue weighted by molar-refractivity contribution is -0.144. The first-order valence-corrected chi connectivity index (χ1v) is 6.38. The third-order valence-corrected chi connectivity index (χ3v) is 3.37. The number of nitrogens with two attached hydrogens (primary N) is 1. The number of nitrogens with zero attached hydrogens (tertiary/aromatic N) is 3. The Balaban J connectivity index is 1.88. The molecule has 19 heavy (non-hydrogen) atoms. The normalized spacial score (nSPS) is 26.1. The number of hydrogen-bond donors (Lipinski definition) is 1. The summed E-state index contributed by atoms with van der Waals surface area (Å²) in [6, 6.07) is 0. The number of aromatic nitrogens is 3. The summed E-state index contributed by atoms with van der Waals surface area (Å²) in [6.45, 7) is 5.89. The van der Waals surface area contributed by atoms with Crippen LogP contribution in [0, 0.1) is 0 Å². The number of nitrogen functional groups attached to an aromatic ring is 1. The van der Waals surface area contributed by atoms with E-state index in [0.717, 1.165) is 12.1 Å². The fraction of sp³-hybridized carbons (Fsp3) is 0.538. The van der Waals surface area contributed by atoms with Gasteiger partial charge in [-0.05, 0) is 20.8 Å². The first kappa shape index (κ1) is 12.4. The highest BCUT2D eigenvalue weighted by Crippen LogP contribution is 2.30. The first-order chi connectivity index (χ1) is 8.96. The maximum absolute atomic E-state index is 5.90. The van der Waals surface area contributed by atoms with Crippen LogP contribution in [0.1, 0.15) is 26.5 Å². The molecule has 0 aromatic carbocycles. The van der Waals surface area contributed by atoms with Crippen LogP contribution < -0.4 is 5.73 Å². The number of imidazole rings is 1. The van der Waals surface area contributed by atoms with Crippen molar-refractivity contribution in [2.45, 2.75) is 45.2 Å². The molecule has 2 atom stereocenters. The Bertz CT molecular complexity index is 608. The second-order valence-corrected chi connectivity index (χ2v) is 5.34. The van der Waals surface area contributed by atoms with Gasteiger partial charge in [0.1, 0.15) is 0 Å². The van der Waals surface area contributed by atoms with E-state index in [4.69, 9.17) is 15.2 Å². The summed E-state index contributed by atoms with van der Waals surface area (Å²) in [5, 5.41) is 0. The minimum atomic E-state index is -0.523. The summed E-state index contributed by atoms with van der Waals surface area (Å²) < 4.78 is 13.6. The van der Waals surface area contributed by atoms with Gasteiger partial charge in [0, 0.05) is 30.7 Å². The third kappa shape index (κ3) is 2.17. The molecule has 2 N–H and O–H groups in total. The van der Waals surface area contributed by atoms with Crippen LogP contribution in [0.25, 0.3) is 5.65 Å². The van der Waals surface area contributed by atoms with E-state index in [1.165, 1.54) is 0 Å². The van der Waals surface area contributed by atoms with Crippen molar-refractivity contribution in [3.8, 4) is 0 Å². The van der Waals surface area contributed by atoms with Crippen molar-refractivity contribution in [3.63, 3.8) is 0 Å². The standard InChI is InChI=1S/C13H18N4O2/c1-8-10(19-13(2,3)18-8)6-9-7-16-12-11(14)15-4-5-17(9)12/h4-5,7-8,10H,6H2,1-3H3,(H2,14,15)/t8-,10+/m1/s1. The second kappa shape index (κ2) is 4.18. The van der Waals surface area contributed by atoms with Crippen LogP contribution in [-0.2, 0) is 15.9 Å². The molecule has 3 heterocycles. The fourth-order valence-corrected chi connectivity index (χ4v) is 2.57.